The van der Waals surface area contributed by atoms with Gasteiger partial charge in [-0.05, 0) is 55.8 Å². The number of ether oxygens (including phenoxy) is 1. The van der Waals surface area contributed by atoms with Gasteiger partial charge in [-0.3, -0.25) is 14.4 Å². The number of hydrogen-bond donors (Lipinski definition) is 1. The van der Waals surface area contributed by atoms with E-state index < -0.39 is 27.9 Å². The van der Waals surface area contributed by atoms with E-state index in [1.807, 2.05) is 13.8 Å². The van der Waals surface area contributed by atoms with E-state index in [1.54, 1.807) is 24.3 Å². The lowest BCUT2D eigenvalue weighted by atomic mass is 10.1. The van der Waals surface area contributed by atoms with Crippen LogP contribution >= 0.6 is 0 Å². The number of hydrogen-bond acceptors (Lipinski definition) is 6. The molecular formula is C22H25N3O6S. The van der Waals surface area contributed by atoms with Gasteiger partial charge in [-0.2, -0.15) is 0 Å². The molecule has 3 amide bonds. The molecule has 9 nitrogen and oxygen atoms in total. The van der Waals surface area contributed by atoms with Crippen molar-refractivity contribution in [1.82, 2.24) is 4.90 Å². The van der Waals surface area contributed by atoms with Crippen LogP contribution in [0.5, 0.6) is 5.75 Å². The van der Waals surface area contributed by atoms with Crippen LogP contribution in [0.2, 0.25) is 0 Å². The summed E-state index contributed by atoms with van der Waals surface area (Å²) in [6.45, 7) is 3.71. The number of methoxy groups -OCH3 is 1. The molecule has 1 saturated heterocycles. The SMILES string of the molecule is CCC(C)N(C(=O)c1cccc(OC)c1)C1CC(=O)N(c2ccc(S(N)(=O)=O)cc2)C1=O. The van der Waals surface area contributed by atoms with Crippen LogP contribution in [0, 0.1) is 0 Å². The summed E-state index contributed by atoms with van der Waals surface area (Å²) in [7, 11) is -2.41. The Bertz CT molecular complexity index is 1150. The highest BCUT2D eigenvalue weighted by Gasteiger charge is 2.45. The van der Waals surface area contributed by atoms with Gasteiger partial charge in [0.05, 0.1) is 24.1 Å². The maximum atomic E-state index is 13.4. The number of amides is 3. The molecule has 2 aromatic carbocycles. The average Bonchev–Trinajstić information content (AvgIpc) is 3.06. The van der Waals surface area contributed by atoms with E-state index in [-0.39, 0.29) is 29.0 Å². The number of carbonyl (C=O) groups is 3. The second-order valence-electron chi connectivity index (χ2n) is 7.53. The van der Waals surface area contributed by atoms with Crippen LogP contribution in [0.25, 0.3) is 0 Å². The largest absolute Gasteiger partial charge is 0.497 e. The molecule has 0 bridgehead atoms. The summed E-state index contributed by atoms with van der Waals surface area (Å²) in [6.07, 6.45) is 0.409. The Kier molecular flexibility index (Phi) is 6.65. The Morgan fingerprint density at radius 1 is 1.22 bits per heavy atom. The lowest BCUT2D eigenvalue weighted by Crippen LogP contribution is -2.49. The summed E-state index contributed by atoms with van der Waals surface area (Å²) in [5.74, 6) is -0.897. The molecule has 32 heavy (non-hydrogen) atoms. The third-order valence-electron chi connectivity index (χ3n) is 5.50. The minimum Gasteiger partial charge on any atom is -0.497 e. The Morgan fingerprint density at radius 3 is 2.44 bits per heavy atom. The van der Waals surface area contributed by atoms with Crippen LogP contribution in [0.4, 0.5) is 5.69 Å². The molecule has 2 atom stereocenters. The van der Waals surface area contributed by atoms with Crippen molar-refractivity contribution >= 4 is 33.4 Å². The summed E-state index contributed by atoms with van der Waals surface area (Å²) < 4.78 is 28.1. The molecule has 1 heterocycles. The van der Waals surface area contributed by atoms with Crippen LogP contribution in [0.3, 0.4) is 0 Å². The highest BCUT2D eigenvalue weighted by molar-refractivity contribution is 7.89. The number of rotatable bonds is 7. The number of anilines is 1. The number of nitrogens with two attached hydrogens (primary N) is 1. The van der Waals surface area contributed by atoms with E-state index in [1.165, 1.54) is 36.3 Å². The second-order valence-corrected chi connectivity index (χ2v) is 9.09. The van der Waals surface area contributed by atoms with E-state index >= 15 is 0 Å². The molecule has 1 aliphatic rings. The number of carbonyl (C=O) groups excluding carboxylic acids is 3. The van der Waals surface area contributed by atoms with E-state index in [4.69, 9.17) is 9.88 Å². The molecule has 2 N–H and O–H groups in total. The first-order chi connectivity index (χ1) is 15.1. The third-order valence-corrected chi connectivity index (χ3v) is 6.43. The Labute approximate surface area is 186 Å². The third kappa shape index (κ3) is 4.51. The van der Waals surface area contributed by atoms with Crippen molar-refractivity contribution < 1.29 is 27.5 Å². The minimum atomic E-state index is -3.91. The molecule has 0 aromatic heterocycles. The van der Waals surface area contributed by atoms with Crippen LogP contribution in [0.1, 0.15) is 37.0 Å². The van der Waals surface area contributed by atoms with Crippen LogP contribution in [0.15, 0.2) is 53.4 Å². The lowest BCUT2D eigenvalue weighted by Gasteiger charge is -2.33. The summed E-state index contributed by atoms with van der Waals surface area (Å²) in [5.41, 5.74) is 0.564. The van der Waals surface area contributed by atoms with Crippen molar-refractivity contribution in [2.75, 3.05) is 12.0 Å². The number of benzene rings is 2. The first kappa shape index (κ1) is 23.4. The van der Waals surface area contributed by atoms with Gasteiger partial charge in [-0.15, -0.1) is 0 Å². The van der Waals surface area contributed by atoms with Gasteiger partial charge in [0.2, 0.25) is 15.9 Å². The number of primary sulfonamides is 1. The number of imide groups is 1. The Morgan fingerprint density at radius 2 is 1.88 bits per heavy atom. The number of nitrogens with zero attached hydrogens (tertiary/aromatic N) is 2. The van der Waals surface area contributed by atoms with Gasteiger partial charge >= 0.3 is 0 Å². The summed E-state index contributed by atoms with van der Waals surface area (Å²) in [4.78, 5) is 41.7. The molecule has 2 aromatic rings. The normalized spacial score (nSPS) is 17.4. The minimum absolute atomic E-state index is 0.133. The highest BCUT2D eigenvalue weighted by atomic mass is 32.2. The van der Waals surface area contributed by atoms with Crippen molar-refractivity contribution in [2.45, 2.75) is 43.7 Å². The lowest BCUT2D eigenvalue weighted by molar-refractivity contribution is -0.122. The van der Waals surface area contributed by atoms with Crippen LogP contribution < -0.4 is 14.8 Å². The molecular weight excluding hydrogens is 434 g/mol. The first-order valence-corrected chi connectivity index (χ1v) is 11.6. The molecule has 0 saturated carbocycles. The van der Waals surface area contributed by atoms with Gasteiger partial charge in [0.25, 0.3) is 11.8 Å². The van der Waals surface area contributed by atoms with Gasteiger partial charge in [-0.1, -0.05) is 13.0 Å². The predicted octanol–water partition coefficient (Wildman–Crippen LogP) is 1.92. The standard InChI is InChI=1S/C22H25N3O6S/c1-4-14(2)24(21(27)15-6-5-7-17(12-15)31-3)19-13-20(26)25(22(19)28)16-8-10-18(11-9-16)32(23,29)30/h5-12,14,19H,4,13H2,1-3H3,(H2,23,29,30). The fraction of sp³-hybridized carbons (Fsp3) is 0.318. The van der Waals surface area contributed by atoms with Gasteiger partial charge in [0.1, 0.15) is 11.8 Å². The Balaban J connectivity index is 1.94. The van der Waals surface area contributed by atoms with E-state index in [0.29, 0.717) is 17.7 Å². The highest BCUT2D eigenvalue weighted by Crippen LogP contribution is 2.29. The molecule has 0 spiro atoms. The summed E-state index contributed by atoms with van der Waals surface area (Å²) in [6, 6.07) is 10.5. The maximum Gasteiger partial charge on any atom is 0.257 e. The first-order valence-electron chi connectivity index (χ1n) is 10.0. The molecule has 3 rings (SSSR count). The van der Waals surface area contributed by atoms with Crippen molar-refractivity contribution in [1.29, 1.82) is 0 Å². The van der Waals surface area contributed by atoms with E-state index in [9.17, 15) is 22.8 Å². The average molecular weight is 460 g/mol. The zero-order valence-corrected chi connectivity index (χ0v) is 18.8. The van der Waals surface area contributed by atoms with Crippen molar-refractivity contribution in [2.24, 2.45) is 5.14 Å². The van der Waals surface area contributed by atoms with Crippen LogP contribution in [-0.2, 0) is 19.6 Å². The Hall–Kier alpha value is -3.24. The quantitative estimate of drug-likeness (QED) is 0.630. The predicted molar refractivity (Wildman–Crippen MR) is 118 cm³/mol. The molecule has 0 radical (unpaired) electrons. The molecule has 170 valence electrons. The van der Waals surface area contributed by atoms with E-state index in [0.717, 1.165) is 4.90 Å². The molecule has 1 fully saturated rings. The fourth-order valence-corrected chi connectivity index (χ4v) is 4.16. The summed E-state index contributed by atoms with van der Waals surface area (Å²) in [5, 5.41) is 5.11. The van der Waals surface area contributed by atoms with Gasteiger partial charge in [-0.25, -0.2) is 18.5 Å². The van der Waals surface area contributed by atoms with Crippen molar-refractivity contribution in [3.8, 4) is 5.75 Å². The summed E-state index contributed by atoms with van der Waals surface area (Å²) >= 11 is 0. The molecule has 10 heteroatoms. The van der Waals surface area contributed by atoms with Crippen LogP contribution in [-0.4, -0.2) is 50.2 Å². The van der Waals surface area contributed by atoms with Crippen molar-refractivity contribution in [3.05, 3.63) is 54.1 Å². The fourth-order valence-electron chi connectivity index (χ4n) is 3.64. The number of sulfonamides is 1. The topological polar surface area (TPSA) is 127 Å². The maximum absolute atomic E-state index is 13.4. The molecule has 2 unspecified atom stereocenters. The second kappa shape index (κ2) is 9.09. The van der Waals surface area contributed by atoms with E-state index in [2.05, 4.69) is 0 Å². The molecule has 0 aliphatic carbocycles. The van der Waals surface area contributed by atoms with Gasteiger partial charge < -0.3 is 9.64 Å². The zero-order valence-electron chi connectivity index (χ0n) is 18.0. The van der Waals surface area contributed by atoms with Gasteiger partial charge in [0, 0.05) is 11.6 Å². The zero-order chi connectivity index (χ0) is 23.6. The molecule has 1 aliphatic heterocycles. The monoisotopic (exact) mass is 459 g/mol. The van der Waals surface area contributed by atoms with Gasteiger partial charge in [0.15, 0.2) is 0 Å². The smallest absolute Gasteiger partial charge is 0.257 e. The van der Waals surface area contributed by atoms with Crippen molar-refractivity contribution in [3.63, 3.8) is 0 Å².